The second kappa shape index (κ2) is 6.74. The maximum Gasteiger partial charge on any atom is 0.216 e. The molecule has 3 aromatic rings. The van der Waals surface area contributed by atoms with E-state index in [1.807, 2.05) is 30.3 Å². The number of hydrogen-bond donors (Lipinski definition) is 1. The Morgan fingerprint density at radius 3 is 2.79 bits per heavy atom. The third kappa shape index (κ3) is 2.97. The van der Waals surface area contributed by atoms with Crippen LogP contribution in [0.15, 0.2) is 42.6 Å². The van der Waals surface area contributed by atoms with Crippen molar-refractivity contribution in [1.82, 2.24) is 14.9 Å². The fourth-order valence-corrected chi connectivity index (χ4v) is 3.05. The van der Waals surface area contributed by atoms with E-state index >= 15 is 0 Å². The largest absolute Gasteiger partial charge is 0.497 e. The fourth-order valence-electron chi connectivity index (χ4n) is 3.05. The van der Waals surface area contributed by atoms with Gasteiger partial charge in [-0.2, -0.15) is 0 Å². The molecule has 0 spiro atoms. The van der Waals surface area contributed by atoms with Gasteiger partial charge in [-0.3, -0.25) is 9.36 Å². The number of amides is 1. The molecule has 0 atom stereocenters. The number of carbonyl (C=O) groups is 1. The minimum absolute atomic E-state index is 0.0151. The Bertz CT molecular complexity index is 869. The van der Waals surface area contributed by atoms with Crippen LogP contribution in [-0.4, -0.2) is 29.1 Å². The van der Waals surface area contributed by atoms with Crippen LogP contribution in [0.25, 0.3) is 16.7 Å². The van der Waals surface area contributed by atoms with Gasteiger partial charge in [-0.1, -0.05) is 6.07 Å². The van der Waals surface area contributed by atoms with Gasteiger partial charge in [0.1, 0.15) is 11.6 Å². The monoisotopic (exact) mass is 323 g/mol. The molecule has 0 aliphatic heterocycles. The van der Waals surface area contributed by atoms with Gasteiger partial charge in [-0.15, -0.1) is 0 Å². The Morgan fingerprint density at radius 1 is 1.29 bits per heavy atom. The number of rotatable bonds is 5. The molecule has 0 fully saturated rings. The maximum atomic E-state index is 11.2. The van der Waals surface area contributed by atoms with E-state index in [0.717, 1.165) is 34.6 Å². The zero-order valence-corrected chi connectivity index (χ0v) is 14.2. The van der Waals surface area contributed by atoms with E-state index in [9.17, 15) is 4.79 Å². The van der Waals surface area contributed by atoms with Crippen LogP contribution in [0, 0.1) is 6.92 Å². The smallest absolute Gasteiger partial charge is 0.216 e. The highest BCUT2D eigenvalue weighted by Crippen LogP contribution is 2.31. The van der Waals surface area contributed by atoms with Crippen molar-refractivity contribution >= 4 is 16.8 Å². The zero-order valence-electron chi connectivity index (χ0n) is 14.2. The molecule has 5 nitrogen and oxygen atoms in total. The van der Waals surface area contributed by atoms with Crippen molar-refractivity contribution in [3.8, 4) is 11.6 Å². The molecule has 2 heterocycles. The highest BCUT2D eigenvalue weighted by atomic mass is 16.5. The van der Waals surface area contributed by atoms with Gasteiger partial charge in [-0.25, -0.2) is 4.98 Å². The Kier molecular flexibility index (Phi) is 4.51. The number of pyridine rings is 1. The van der Waals surface area contributed by atoms with Crippen molar-refractivity contribution < 1.29 is 9.53 Å². The lowest BCUT2D eigenvalue weighted by molar-refractivity contribution is -0.118. The predicted octanol–water partition coefficient (Wildman–Crippen LogP) is 3.02. The number of benzene rings is 1. The van der Waals surface area contributed by atoms with Gasteiger partial charge in [0.2, 0.25) is 5.91 Å². The summed E-state index contributed by atoms with van der Waals surface area (Å²) in [4.78, 5) is 15.6. The second-order valence-electron chi connectivity index (χ2n) is 5.70. The molecule has 0 bridgehead atoms. The van der Waals surface area contributed by atoms with E-state index in [4.69, 9.17) is 4.74 Å². The molecule has 1 aromatic carbocycles. The first kappa shape index (κ1) is 16.1. The number of methoxy groups -OCH3 is 1. The number of nitrogens with zero attached hydrogens (tertiary/aromatic N) is 2. The molecule has 0 radical (unpaired) electrons. The van der Waals surface area contributed by atoms with Gasteiger partial charge in [0.05, 0.1) is 12.6 Å². The third-order valence-electron chi connectivity index (χ3n) is 4.17. The van der Waals surface area contributed by atoms with E-state index in [0.29, 0.717) is 6.54 Å². The topological polar surface area (TPSA) is 56.1 Å². The van der Waals surface area contributed by atoms with Crippen LogP contribution < -0.4 is 10.1 Å². The second-order valence-corrected chi connectivity index (χ2v) is 5.70. The summed E-state index contributed by atoms with van der Waals surface area (Å²) in [6.45, 7) is 4.23. The SMILES string of the molecule is COc1ccc2c(c1)c(CCNC(C)=O)c(C)n2-c1ccccn1. The van der Waals surface area contributed by atoms with Crippen LogP contribution in [0.3, 0.4) is 0 Å². The summed E-state index contributed by atoms with van der Waals surface area (Å²) < 4.78 is 7.53. The van der Waals surface area contributed by atoms with Crippen LogP contribution in [0.1, 0.15) is 18.2 Å². The summed E-state index contributed by atoms with van der Waals surface area (Å²) in [5.74, 6) is 1.69. The summed E-state index contributed by atoms with van der Waals surface area (Å²) >= 11 is 0. The van der Waals surface area contributed by atoms with E-state index < -0.39 is 0 Å². The molecule has 2 aromatic heterocycles. The van der Waals surface area contributed by atoms with Gasteiger partial charge >= 0.3 is 0 Å². The number of carbonyl (C=O) groups excluding carboxylic acids is 1. The highest BCUT2D eigenvalue weighted by Gasteiger charge is 2.16. The zero-order chi connectivity index (χ0) is 17.1. The molecule has 124 valence electrons. The summed E-state index contributed by atoms with van der Waals surface area (Å²) in [5, 5.41) is 4.00. The third-order valence-corrected chi connectivity index (χ3v) is 4.17. The Labute approximate surface area is 141 Å². The lowest BCUT2D eigenvalue weighted by Gasteiger charge is -2.08. The van der Waals surface area contributed by atoms with Crippen molar-refractivity contribution in [1.29, 1.82) is 0 Å². The van der Waals surface area contributed by atoms with Crippen molar-refractivity contribution in [2.75, 3.05) is 13.7 Å². The minimum atomic E-state index is -0.0151. The lowest BCUT2D eigenvalue weighted by atomic mass is 10.1. The van der Waals surface area contributed by atoms with E-state index in [1.54, 1.807) is 13.3 Å². The molecule has 1 amide bonds. The van der Waals surface area contributed by atoms with Crippen molar-refractivity contribution in [2.24, 2.45) is 0 Å². The fraction of sp³-hybridized carbons (Fsp3) is 0.263. The lowest BCUT2D eigenvalue weighted by Crippen LogP contribution is -2.22. The molecular weight excluding hydrogens is 302 g/mol. The maximum absolute atomic E-state index is 11.2. The normalized spacial score (nSPS) is 10.8. The van der Waals surface area contributed by atoms with Gasteiger partial charge in [-0.05, 0) is 49.2 Å². The predicted molar refractivity (Wildman–Crippen MR) is 94.7 cm³/mol. The number of aromatic nitrogens is 2. The first-order valence-electron chi connectivity index (χ1n) is 7.95. The van der Waals surface area contributed by atoms with Crippen LogP contribution in [-0.2, 0) is 11.2 Å². The number of fused-ring (bicyclic) bond motifs is 1. The van der Waals surface area contributed by atoms with Crippen molar-refractivity contribution in [3.05, 3.63) is 53.9 Å². The van der Waals surface area contributed by atoms with E-state index in [1.165, 1.54) is 12.5 Å². The quantitative estimate of drug-likeness (QED) is 0.785. The average molecular weight is 323 g/mol. The van der Waals surface area contributed by atoms with Gasteiger partial charge < -0.3 is 10.1 Å². The molecule has 0 aliphatic carbocycles. The van der Waals surface area contributed by atoms with Crippen molar-refractivity contribution in [2.45, 2.75) is 20.3 Å². The van der Waals surface area contributed by atoms with Crippen LogP contribution in [0.2, 0.25) is 0 Å². The first-order chi connectivity index (χ1) is 11.6. The summed E-state index contributed by atoms with van der Waals surface area (Å²) in [6.07, 6.45) is 2.55. The Balaban J connectivity index is 2.14. The molecule has 0 aliphatic rings. The summed E-state index contributed by atoms with van der Waals surface area (Å²) in [6, 6.07) is 11.9. The van der Waals surface area contributed by atoms with Gasteiger partial charge in [0, 0.05) is 30.7 Å². The Hall–Kier alpha value is -2.82. The summed E-state index contributed by atoms with van der Waals surface area (Å²) in [7, 11) is 1.67. The molecular formula is C19H21N3O2. The molecule has 0 saturated carbocycles. The highest BCUT2D eigenvalue weighted by molar-refractivity contribution is 5.88. The first-order valence-corrected chi connectivity index (χ1v) is 7.95. The van der Waals surface area contributed by atoms with Gasteiger partial charge in [0.15, 0.2) is 0 Å². The number of hydrogen-bond acceptors (Lipinski definition) is 3. The van der Waals surface area contributed by atoms with Crippen molar-refractivity contribution in [3.63, 3.8) is 0 Å². The summed E-state index contributed by atoms with van der Waals surface area (Å²) in [5.41, 5.74) is 3.41. The van der Waals surface area contributed by atoms with Crippen LogP contribution >= 0.6 is 0 Å². The Morgan fingerprint density at radius 2 is 2.12 bits per heavy atom. The molecule has 0 saturated heterocycles. The average Bonchev–Trinajstić information content (AvgIpc) is 2.86. The molecule has 0 unspecified atom stereocenters. The molecule has 24 heavy (non-hydrogen) atoms. The molecule has 5 heteroatoms. The van der Waals surface area contributed by atoms with Gasteiger partial charge in [0.25, 0.3) is 0 Å². The standard InChI is InChI=1S/C19H21N3O2/c1-13-16(9-11-20-14(2)23)17-12-15(24-3)7-8-18(17)22(13)19-6-4-5-10-21-19/h4-8,10,12H,9,11H2,1-3H3,(H,20,23). The van der Waals surface area contributed by atoms with Crippen LogP contribution in [0.5, 0.6) is 5.75 Å². The van der Waals surface area contributed by atoms with E-state index in [-0.39, 0.29) is 5.91 Å². The van der Waals surface area contributed by atoms with E-state index in [2.05, 4.69) is 27.9 Å². The van der Waals surface area contributed by atoms with Crippen LogP contribution in [0.4, 0.5) is 0 Å². The number of ether oxygens (including phenoxy) is 1. The molecule has 3 rings (SSSR count). The minimum Gasteiger partial charge on any atom is -0.497 e. The number of nitrogens with one attached hydrogen (secondary N) is 1. The molecule has 1 N–H and O–H groups in total.